The van der Waals surface area contributed by atoms with Crippen molar-refractivity contribution < 1.29 is 13.2 Å². The van der Waals surface area contributed by atoms with E-state index in [-0.39, 0.29) is 41.5 Å². The predicted octanol–water partition coefficient (Wildman–Crippen LogP) is 1.35. The molecule has 8 heteroatoms. The van der Waals surface area contributed by atoms with Crippen molar-refractivity contribution in [2.75, 3.05) is 11.5 Å². The van der Waals surface area contributed by atoms with Gasteiger partial charge in [-0.3, -0.25) is 14.3 Å². The van der Waals surface area contributed by atoms with E-state index in [2.05, 4.69) is 5.10 Å². The van der Waals surface area contributed by atoms with E-state index in [4.69, 9.17) is 0 Å². The molecule has 0 spiro atoms. The molecule has 2 aliphatic rings. The van der Waals surface area contributed by atoms with E-state index in [1.54, 1.807) is 22.9 Å². The number of amides is 1. The molecule has 1 aromatic heterocycles. The average Bonchev–Trinajstić information content (AvgIpc) is 3.28. The van der Waals surface area contributed by atoms with Crippen LogP contribution in [0.5, 0.6) is 0 Å². The summed E-state index contributed by atoms with van der Waals surface area (Å²) in [6.45, 7) is 0.00778. The second-order valence-electron chi connectivity index (χ2n) is 7.48. The minimum Gasteiger partial charge on any atom is -0.334 e. The van der Waals surface area contributed by atoms with Gasteiger partial charge in [0.15, 0.2) is 9.84 Å². The fourth-order valence-corrected chi connectivity index (χ4v) is 6.09. The van der Waals surface area contributed by atoms with Gasteiger partial charge in [0.05, 0.1) is 23.2 Å². The van der Waals surface area contributed by atoms with E-state index in [1.807, 2.05) is 11.0 Å². The fourth-order valence-electron chi connectivity index (χ4n) is 4.38. The summed E-state index contributed by atoms with van der Waals surface area (Å²) in [6, 6.07) is 6.93. The van der Waals surface area contributed by atoms with E-state index in [1.165, 1.54) is 6.20 Å². The summed E-state index contributed by atoms with van der Waals surface area (Å²) in [6.07, 6.45) is 5.69. The maximum Gasteiger partial charge on any atom is 0.244 e. The zero-order valence-electron chi connectivity index (χ0n) is 15.1. The van der Waals surface area contributed by atoms with Crippen molar-refractivity contribution in [1.29, 1.82) is 0 Å². The molecule has 2 heterocycles. The number of carbonyl (C=O) groups excluding carboxylic acids is 1. The number of hydrogen-bond donors (Lipinski definition) is 0. The number of hydrogen-bond acceptors (Lipinski definition) is 5. The summed E-state index contributed by atoms with van der Waals surface area (Å²) in [5, 5.41) is 4.67. The summed E-state index contributed by atoms with van der Waals surface area (Å²) in [5.41, 5.74) is 0.438. The zero-order valence-corrected chi connectivity index (χ0v) is 15.9. The van der Waals surface area contributed by atoms with Gasteiger partial charge in [0.1, 0.15) is 6.54 Å². The molecule has 144 valence electrons. The van der Waals surface area contributed by atoms with Crippen LogP contribution < -0.4 is 5.43 Å². The normalized spacial score (nSPS) is 22.3. The Morgan fingerprint density at radius 3 is 2.59 bits per heavy atom. The van der Waals surface area contributed by atoms with Gasteiger partial charge < -0.3 is 4.90 Å². The Labute approximate surface area is 157 Å². The molecule has 27 heavy (non-hydrogen) atoms. The number of fused-ring (bicyclic) bond motifs is 1. The molecule has 1 aliphatic carbocycles. The molecule has 7 nitrogen and oxygen atoms in total. The molecule has 0 bridgehead atoms. The molecule has 1 saturated heterocycles. The molecular weight excluding hydrogens is 366 g/mol. The van der Waals surface area contributed by atoms with Gasteiger partial charge in [0.2, 0.25) is 11.3 Å². The van der Waals surface area contributed by atoms with Crippen molar-refractivity contribution in [2.45, 2.75) is 50.7 Å². The van der Waals surface area contributed by atoms with Crippen molar-refractivity contribution in [3.8, 4) is 0 Å². The fraction of sp³-hybridized carbons (Fsp3) is 0.526. The van der Waals surface area contributed by atoms with Crippen molar-refractivity contribution in [2.24, 2.45) is 0 Å². The van der Waals surface area contributed by atoms with Gasteiger partial charge in [-0.15, -0.1) is 0 Å². The van der Waals surface area contributed by atoms with Gasteiger partial charge in [0.25, 0.3) is 0 Å². The van der Waals surface area contributed by atoms with E-state index >= 15 is 0 Å². The Morgan fingerprint density at radius 1 is 1.15 bits per heavy atom. The van der Waals surface area contributed by atoms with Crippen molar-refractivity contribution >= 4 is 26.6 Å². The van der Waals surface area contributed by atoms with Gasteiger partial charge in [-0.1, -0.05) is 25.0 Å². The molecule has 1 amide bonds. The standard InChI is InChI=1S/C19H23N3O4S/c23-18-11-20-21(17-8-4-3-7-16(17)18)12-19(24)22(14-5-1-2-6-14)15-9-10-27(25,26)13-15/h3-4,7-8,11,14-15H,1-2,5-6,9-10,12-13H2. The third kappa shape index (κ3) is 3.63. The van der Waals surface area contributed by atoms with Crippen molar-refractivity contribution in [3.05, 3.63) is 40.7 Å². The van der Waals surface area contributed by atoms with Crippen LogP contribution in [0.25, 0.3) is 10.9 Å². The molecule has 1 aliphatic heterocycles. The van der Waals surface area contributed by atoms with Crippen LogP contribution >= 0.6 is 0 Å². The minimum absolute atomic E-state index is 0.00778. The summed E-state index contributed by atoms with van der Waals surface area (Å²) in [4.78, 5) is 27.0. The number of rotatable bonds is 4. The largest absolute Gasteiger partial charge is 0.334 e. The maximum atomic E-state index is 13.2. The Morgan fingerprint density at radius 2 is 1.89 bits per heavy atom. The number of carbonyl (C=O) groups is 1. The first kappa shape index (κ1) is 18.2. The van der Waals surface area contributed by atoms with Gasteiger partial charge in [0, 0.05) is 17.5 Å². The van der Waals surface area contributed by atoms with Crippen LogP contribution in [0.15, 0.2) is 35.3 Å². The van der Waals surface area contributed by atoms with E-state index in [0.717, 1.165) is 25.7 Å². The predicted molar refractivity (Wildman–Crippen MR) is 102 cm³/mol. The van der Waals surface area contributed by atoms with Crippen LogP contribution in [0.2, 0.25) is 0 Å². The molecule has 2 fully saturated rings. The molecule has 1 saturated carbocycles. The second kappa shape index (κ2) is 7.07. The first-order chi connectivity index (χ1) is 12.9. The first-order valence-electron chi connectivity index (χ1n) is 9.41. The van der Waals surface area contributed by atoms with Crippen LogP contribution in [0, 0.1) is 0 Å². The summed E-state index contributed by atoms with van der Waals surface area (Å²) >= 11 is 0. The number of benzene rings is 1. The van der Waals surface area contributed by atoms with Gasteiger partial charge >= 0.3 is 0 Å². The van der Waals surface area contributed by atoms with Crippen LogP contribution in [0.1, 0.15) is 32.1 Å². The van der Waals surface area contributed by atoms with E-state index < -0.39 is 9.84 Å². The maximum absolute atomic E-state index is 13.2. The Balaban J connectivity index is 1.65. The highest BCUT2D eigenvalue weighted by Gasteiger charge is 2.39. The average molecular weight is 389 g/mol. The van der Waals surface area contributed by atoms with Crippen LogP contribution in [0.3, 0.4) is 0 Å². The number of aromatic nitrogens is 2. The lowest BCUT2D eigenvalue weighted by Gasteiger charge is -2.34. The van der Waals surface area contributed by atoms with E-state index in [9.17, 15) is 18.0 Å². The lowest BCUT2D eigenvalue weighted by atomic mass is 10.1. The van der Waals surface area contributed by atoms with Crippen LogP contribution in [-0.2, 0) is 21.2 Å². The van der Waals surface area contributed by atoms with Crippen molar-refractivity contribution in [3.63, 3.8) is 0 Å². The highest BCUT2D eigenvalue weighted by atomic mass is 32.2. The Hall–Kier alpha value is -2.22. The molecule has 0 radical (unpaired) electrons. The number of sulfone groups is 1. The molecule has 4 rings (SSSR count). The SMILES string of the molecule is O=C(Cn1ncc(=O)c2ccccc21)N(C1CCCC1)C1CCS(=O)(=O)C1. The van der Waals surface area contributed by atoms with Crippen molar-refractivity contribution in [1.82, 2.24) is 14.7 Å². The van der Waals surface area contributed by atoms with Gasteiger partial charge in [-0.2, -0.15) is 5.10 Å². The number of nitrogens with zero attached hydrogens (tertiary/aromatic N) is 3. The highest BCUT2D eigenvalue weighted by molar-refractivity contribution is 7.91. The third-order valence-corrected chi connectivity index (χ3v) is 7.41. The Bertz CT molecular complexity index is 1020. The highest BCUT2D eigenvalue weighted by Crippen LogP contribution is 2.29. The lowest BCUT2D eigenvalue weighted by molar-refractivity contribution is -0.136. The van der Waals surface area contributed by atoms with Gasteiger partial charge in [-0.05, 0) is 31.4 Å². The monoisotopic (exact) mass is 389 g/mol. The number of para-hydroxylation sites is 1. The molecule has 1 atom stereocenters. The topological polar surface area (TPSA) is 89.3 Å². The molecule has 0 N–H and O–H groups in total. The molecule has 2 aromatic rings. The summed E-state index contributed by atoms with van der Waals surface area (Å²) in [5.74, 6) is 0.0753. The smallest absolute Gasteiger partial charge is 0.244 e. The third-order valence-electron chi connectivity index (χ3n) is 5.65. The quantitative estimate of drug-likeness (QED) is 0.788. The first-order valence-corrected chi connectivity index (χ1v) is 11.2. The summed E-state index contributed by atoms with van der Waals surface area (Å²) in [7, 11) is -3.07. The zero-order chi connectivity index (χ0) is 19.0. The minimum atomic E-state index is -3.07. The molecular formula is C19H23N3O4S. The second-order valence-corrected chi connectivity index (χ2v) is 9.71. The van der Waals surface area contributed by atoms with Crippen LogP contribution in [-0.4, -0.2) is 52.6 Å². The van der Waals surface area contributed by atoms with Crippen LogP contribution in [0.4, 0.5) is 0 Å². The lowest BCUT2D eigenvalue weighted by Crippen LogP contribution is -2.48. The molecule has 1 aromatic carbocycles. The molecule has 1 unspecified atom stereocenters. The van der Waals surface area contributed by atoms with Gasteiger partial charge in [-0.25, -0.2) is 8.42 Å². The van der Waals surface area contributed by atoms with E-state index in [0.29, 0.717) is 17.3 Å². The Kier molecular flexibility index (Phi) is 4.75. The summed E-state index contributed by atoms with van der Waals surface area (Å²) < 4.78 is 25.5.